The third kappa shape index (κ3) is 8.29. The molecule has 5 N–H and O–H groups in total. The fourth-order valence-electron chi connectivity index (χ4n) is 3.66. The van der Waals surface area contributed by atoms with E-state index in [4.69, 9.17) is 5.11 Å². The normalized spacial score (nSPS) is 10.9. The van der Waals surface area contributed by atoms with Crippen LogP contribution in [0, 0.1) is 5.82 Å². The van der Waals surface area contributed by atoms with E-state index in [1.54, 1.807) is 54.6 Å². The number of aromatic hydroxyl groups is 1. The van der Waals surface area contributed by atoms with E-state index >= 15 is 0 Å². The number of halogens is 1. The summed E-state index contributed by atoms with van der Waals surface area (Å²) in [4.78, 5) is 50.3. The minimum absolute atomic E-state index is 0.0243. The molecule has 212 valence electrons. The quantitative estimate of drug-likeness (QED) is 0.0956. The second-order valence-electron chi connectivity index (χ2n) is 8.79. The van der Waals surface area contributed by atoms with E-state index in [-0.39, 0.29) is 22.7 Å². The van der Waals surface area contributed by atoms with Crippen LogP contribution in [0.5, 0.6) is 5.75 Å². The molecular weight excluding hydrogens is 561 g/mol. The van der Waals surface area contributed by atoms with Crippen LogP contribution in [0.4, 0.5) is 15.8 Å². The predicted octanol–water partition coefficient (Wildman–Crippen LogP) is 5.37. The molecule has 0 aromatic heterocycles. The highest BCUT2D eigenvalue weighted by Crippen LogP contribution is 2.24. The number of thioether (sulfide) groups is 1. The standard InChI is InChI=1S/C31H24FN3O6S/c32-21-11-9-19(10-12-21)15-26(35-29(38)20-5-2-1-3-6-20)30(39)34-22-7-4-8-24(16-22)42-18-28(37)33-23-13-14-27(36)25(17-23)31(40)41/h1-17,36H,18H2,(H,33,37)(H,34,39)(H,35,38)(H,40,41)/b26-15-. The Morgan fingerprint density at radius 3 is 2.24 bits per heavy atom. The maximum absolute atomic E-state index is 13.4. The number of aromatic carboxylic acids is 1. The van der Waals surface area contributed by atoms with Crippen LogP contribution < -0.4 is 16.0 Å². The zero-order chi connectivity index (χ0) is 30.1. The summed E-state index contributed by atoms with van der Waals surface area (Å²) in [6.45, 7) is 0. The highest BCUT2D eigenvalue weighted by atomic mass is 32.2. The van der Waals surface area contributed by atoms with Crippen molar-refractivity contribution in [3.8, 4) is 5.75 Å². The van der Waals surface area contributed by atoms with Crippen LogP contribution in [-0.2, 0) is 9.59 Å². The molecule has 0 bridgehead atoms. The van der Waals surface area contributed by atoms with E-state index in [1.807, 2.05) is 0 Å². The molecule has 0 saturated heterocycles. The summed E-state index contributed by atoms with van der Waals surface area (Å²) >= 11 is 1.17. The number of carbonyl (C=O) groups is 4. The average molecular weight is 586 g/mol. The summed E-state index contributed by atoms with van der Waals surface area (Å²) in [5, 5.41) is 26.7. The lowest BCUT2D eigenvalue weighted by Gasteiger charge is -2.12. The van der Waals surface area contributed by atoms with Gasteiger partial charge in [-0.1, -0.05) is 36.4 Å². The highest BCUT2D eigenvalue weighted by Gasteiger charge is 2.16. The van der Waals surface area contributed by atoms with Crippen molar-refractivity contribution in [2.24, 2.45) is 0 Å². The number of nitrogens with one attached hydrogen (secondary N) is 3. The maximum atomic E-state index is 13.4. The second-order valence-corrected chi connectivity index (χ2v) is 9.83. The van der Waals surface area contributed by atoms with Gasteiger partial charge in [-0.3, -0.25) is 14.4 Å². The largest absolute Gasteiger partial charge is 0.507 e. The zero-order valence-corrected chi connectivity index (χ0v) is 22.7. The molecule has 0 aliphatic carbocycles. The van der Waals surface area contributed by atoms with Gasteiger partial charge >= 0.3 is 5.97 Å². The van der Waals surface area contributed by atoms with Crippen molar-refractivity contribution in [2.45, 2.75) is 4.90 Å². The van der Waals surface area contributed by atoms with Crippen LogP contribution >= 0.6 is 11.8 Å². The lowest BCUT2D eigenvalue weighted by Crippen LogP contribution is -2.30. The van der Waals surface area contributed by atoms with E-state index < -0.39 is 35.3 Å². The van der Waals surface area contributed by atoms with Crippen LogP contribution in [0.1, 0.15) is 26.3 Å². The van der Waals surface area contributed by atoms with Gasteiger partial charge in [0.1, 0.15) is 22.8 Å². The first kappa shape index (κ1) is 29.6. The molecule has 0 spiro atoms. The second kappa shape index (κ2) is 13.8. The van der Waals surface area contributed by atoms with Gasteiger partial charge in [0.15, 0.2) is 0 Å². The molecule has 4 aromatic rings. The molecule has 0 aliphatic rings. The predicted molar refractivity (Wildman–Crippen MR) is 158 cm³/mol. The van der Waals surface area contributed by atoms with Crippen molar-refractivity contribution in [2.75, 3.05) is 16.4 Å². The molecule has 11 heteroatoms. The lowest BCUT2D eigenvalue weighted by atomic mass is 10.1. The van der Waals surface area contributed by atoms with Crippen LogP contribution in [0.3, 0.4) is 0 Å². The number of benzene rings is 4. The van der Waals surface area contributed by atoms with Crippen molar-refractivity contribution < 1.29 is 33.8 Å². The Balaban J connectivity index is 1.43. The summed E-state index contributed by atoms with van der Waals surface area (Å²) in [5.74, 6) is -3.74. The fourth-order valence-corrected chi connectivity index (χ4v) is 4.42. The number of amides is 3. The number of carbonyl (C=O) groups excluding carboxylic acids is 3. The van der Waals surface area contributed by atoms with E-state index in [9.17, 15) is 28.7 Å². The molecule has 3 amide bonds. The van der Waals surface area contributed by atoms with Gasteiger partial charge in [0.05, 0.1) is 5.75 Å². The van der Waals surface area contributed by atoms with Gasteiger partial charge in [0.25, 0.3) is 11.8 Å². The third-order valence-corrected chi connectivity index (χ3v) is 6.68. The van der Waals surface area contributed by atoms with E-state index in [0.717, 1.165) is 6.07 Å². The smallest absolute Gasteiger partial charge is 0.339 e. The van der Waals surface area contributed by atoms with Crippen LogP contribution in [0.15, 0.2) is 108 Å². The molecule has 0 aliphatic heterocycles. The highest BCUT2D eigenvalue weighted by molar-refractivity contribution is 8.00. The minimum Gasteiger partial charge on any atom is -0.507 e. The van der Waals surface area contributed by atoms with E-state index in [0.29, 0.717) is 21.7 Å². The summed E-state index contributed by atoms with van der Waals surface area (Å²) < 4.78 is 13.4. The number of carboxylic acids is 1. The number of phenols is 1. The molecule has 4 aromatic carbocycles. The van der Waals surface area contributed by atoms with Gasteiger partial charge in [-0.2, -0.15) is 0 Å². The molecule has 9 nitrogen and oxygen atoms in total. The fraction of sp³-hybridized carbons (Fsp3) is 0.0323. The Hall–Kier alpha value is -5.42. The number of hydrogen-bond donors (Lipinski definition) is 5. The van der Waals surface area contributed by atoms with Crippen LogP contribution in [0.25, 0.3) is 6.08 Å². The van der Waals surface area contributed by atoms with E-state index in [2.05, 4.69) is 16.0 Å². The maximum Gasteiger partial charge on any atom is 0.339 e. The summed E-state index contributed by atoms with van der Waals surface area (Å²) in [5.41, 5.74) is 1.05. The molecule has 0 atom stereocenters. The van der Waals surface area contributed by atoms with Gasteiger partial charge in [-0.05, 0) is 72.3 Å². The van der Waals surface area contributed by atoms with Crippen molar-refractivity contribution in [1.82, 2.24) is 5.32 Å². The monoisotopic (exact) mass is 585 g/mol. The Bertz CT molecular complexity index is 1660. The van der Waals surface area contributed by atoms with Gasteiger partial charge in [0, 0.05) is 21.8 Å². The minimum atomic E-state index is -1.33. The van der Waals surface area contributed by atoms with Crippen molar-refractivity contribution in [3.63, 3.8) is 0 Å². The lowest BCUT2D eigenvalue weighted by molar-refractivity contribution is -0.114. The van der Waals surface area contributed by atoms with Crippen molar-refractivity contribution in [1.29, 1.82) is 0 Å². The van der Waals surface area contributed by atoms with Gasteiger partial charge < -0.3 is 26.2 Å². The van der Waals surface area contributed by atoms with Crippen molar-refractivity contribution >= 4 is 52.9 Å². The zero-order valence-electron chi connectivity index (χ0n) is 21.8. The van der Waals surface area contributed by atoms with Crippen LogP contribution in [0.2, 0.25) is 0 Å². The SMILES string of the molecule is O=C(CSc1cccc(NC(=O)/C(=C/c2ccc(F)cc2)NC(=O)c2ccccc2)c1)Nc1ccc(O)c(C(=O)O)c1. The first-order valence-corrected chi connectivity index (χ1v) is 13.4. The number of hydrogen-bond acceptors (Lipinski definition) is 6. The number of carboxylic acid groups (broad SMARTS) is 1. The van der Waals surface area contributed by atoms with Gasteiger partial charge in [0.2, 0.25) is 5.91 Å². The third-order valence-electron chi connectivity index (χ3n) is 5.68. The molecule has 0 unspecified atom stereocenters. The summed E-state index contributed by atoms with van der Waals surface area (Å²) in [6, 6.07) is 24.2. The Morgan fingerprint density at radius 2 is 1.52 bits per heavy atom. The molecular formula is C31H24FN3O6S. The Labute approximate surface area is 244 Å². The summed E-state index contributed by atoms with van der Waals surface area (Å²) in [7, 11) is 0. The van der Waals surface area contributed by atoms with Gasteiger partial charge in [-0.15, -0.1) is 11.8 Å². The molecule has 42 heavy (non-hydrogen) atoms. The van der Waals surface area contributed by atoms with Gasteiger partial charge in [-0.25, -0.2) is 9.18 Å². The molecule has 4 rings (SSSR count). The summed E-state index contributed by atoms with van der Waals surface area (Å²) in [6.07, 6.45) is 1.43. The number of anilines is 2. The topological polar surface area (TPSA) is 145 Å². The first-order valence-electron chi connectivity index (χ1n) is 12.4. The molecule has 0 radical (unpaired) electrons. The molecule has 0 fully saturated rings. The van der Waals surface area contributed by atoms with Crippen molar-refractivity contribution in [3.05, 3.63) is 125 Å². The Kier molecular flexibility index (Phi) is 9.69. The van der Waals surface area contributed by atoms with Crippen LogP contribution in [-0.4, -0.2) is 39.7 Å². The first-order chi connectivity index (χ1) is 20.2. The average Bonchev–Trinajstić information content (AvgIpc) is 2.98. The molecule has 0 heterocycles. The molecule has 0 saturated carbocycles. The Morgan fingerprint density at radius 1 is 0.810 bits per heavy atom. The van der Waals surface area contributed by atoms with E-state index in [1.165, 1.54) is 54.2 Å². The number of rotatable bonds is 10.